The van der Waals surface area contributed by atoms with Crippen LogP contribution in [0.2, 0.25) is 0 Å². The molecule has 1 amide bonds. The maximum atomic E-state index is 11.8. The molecule has 0 unspecified atom stereocenters. The van der Waals surface area contributed by atoms with Gasteiger partial charge in [0, 0.05) is 11.3 Å². The van der Waals surface area contributed by atoms with E-state index in [1.165, 1.54) is 12.0 Å². The first kappa shape index (κ1) is 18.9. The number of amides is 1. The lowest BCUT2D eigenvalue weighted by molar-refractivity contribution is -0.856. The summed E-state index contributed by atoms with van der Waals surface area (Å²) in [6.45, 7) is 1.58. The first-order chi connectivity index (χ1) is 10.9. The Morgan fingerprint density at radius 1 is 1.17 bits per heavy atom. The van der Waals surface area contributed by atoms with Crippen molar-refractivity contribution in [2.24, 2.45) is 0 Å². The highest BCUT2D eigenvalue weighted by atomic mass is 32.1. The number of quaternary nitrogens is 1. The summed E-state index contributed by atoms with van der Waals surface area (Å²) in [6, 6.07) is 6.81. The van der Waals surface area contributed by atoms with Crippen molar-refractivity contribution in [2.45, 2.75) is 0 Å². The van der Waals surface area contributed by atoms with Gasteiger partial charge in [0.05, 0.1) is 34.3 Å². The third-order valence-electron chi connectivity index (χ3n) is 2.94. The number of carbonyl (C=O) groups is 2. The molecule has 1 rings (SSSR count). The molecule has 0 aliphatic carbocycles. The standard InChI is InChI=1S/C15H22N4O3S/c1-19(2)9-8-16-15(23)18-12-6-4-11(5-7-12)14(21)17-10-13(20)22-3/h4-7H,8-10H2,1-3H3,(H,17,21)(H2,16,18,23)/p+1. The molecule has 0 aliphatic rings. The lowest BCUT2D eigenvalue weighted by Gasteiger charge is -2.12. The molecule has 0 radical (unpaired) electrons. The summed E-state index contributed by atoms with van der Waals surface area (Å²) < 4.78 is 4.46. The molecule has 0 bridgehead atoms. The van der Waals surface area contributed by atoms with Gasteiger partial charge >= 0.3 is 5.97 Å². The summed E-state index contributed by atoms with van der Waals surface area (Å²) in [4.78, 5) is 24.1. The van der Waals surface area contributed by atoms with Gasteiger partial charge in [-0.25, -0.2) is 0 Å². The number of benzene rings is 1. The van der Waals surface area contributed by atoms with Crippen LogP contribution in [-0.2, 0) is 9.53 Å². The monoisotopic (exact) mass is 339 g/mol. The van der Waals surface area contributed by atoms with Crippen LogP contribution in [-0.4, -0.2) is 57.8 Å². The second-order valence-electron chi connectivity index (χ2n) is 5.17. The molecule has 0 fully saturated rings. The van der Waals surface area contributed by atoms with E-state index >= 15 is 0 Å². The molecule has 7 nitrogen and oxygen atoms in total. The second kappa shape index (κ2) is 9.75. The minimum absolute atomic E-state index is 0.156. The predicted molar refractivity (Wildman–Crippen MR) is 92.7 cm³/mol. The first-order valence-corrected chi connectivity index (χ1v) is 7.62. The van der Waals surface area contributed by atoms with Crippen LogP contribution in [0, 0.1) is 0 Å². The van der Waals surface area contributed by atoms with Crippen molar-refractivity contribution in [1.82, 2.24) is 10.6 Å². The van der Waals surface area contributed by atoms with Crippen LogP contribution in [0.4, 0.5) is 5.69 Å². The van der Waals surface area contributed by atoms with Gasteiger partial charge < -0.3 is 25.6 Å². The van der Waals surface area contributed by atoms with Gasteiger partial charge in [-0.2, -0.15) is 0 Å². The molecule has 1 aromatic rings. The van der Waals surface area contributed by atoms with E-state index in [9.17, 15) is 9.59 Å². The van der Waals surface area contributed by atoms with E-state index < -0.39 is 5.97 Å². The first-order valence-electron chi connectivity index (χ1n) is 7.21. The molecule has 0 spiro atoms. The van der Waals surface area contributed by atoms with Crippen LogP contribution >= 0.6 is 12.2 Å². The molecule has 23 heavy (non-hydrogen) atoms. The van der Waals surface area contributed by atoms with Crippen LogP contribution in [0.3, 0.4) is 0 Å². The highest BCUT2D eigenvalue weighted by Crippen LogP contribution is 2.09. The Balaban J connectivity index is 2.45. The Morgan fingerprint density at radius 2 is 1.83 bits per heavy atom. The fourth-order valence-corrected chi connectivity index (χ4v) is 1.85. The molecule has 0 aromatic heterocycles. The van der Waals surface area contributed by atoms with Crippen molar-refractivity contribution in [3.05, 3.63) is 29.8 Å². The normalized spacial score (nSPS) is 10.1. The minimum atomic E-state index is -0.493. The van der Waals surface area contributed by atoms with E-state index in [1.54, 1.807) is 24.3 Å². The van der Waals surface area contributed by atoms with E-state index in [0.29, 0.717) is 10.7 Å². The van der Waals surface area contributed by atoms with Gasteiger partial charge in [0.1, 0.15) is 6.54 Å². The van der Waals surface area contributed by atoms with Gasteiger partial charge in [-0.3, -0.25) is 9.59 Å². The molecule has 126 valence electrons. The summed E-state index contributed by atoms with van der Waals surface area (Å²) in [6.07, 6.45) is 0. The van der Waals surface area contributed by atoms with Gasteiger partial charge in [0.15, 0.2) is 5.11 Å². The third-order valence-corrected chi connectivity index (χ3v) is 3.18. The topological polar surface area (TPSA) is 83.9 Å². The number of thiocarbonyl (C=S) groups is 1. The van der Waals surface area contributed by atoms with Crippen molar-refractivity contribution >= 4 is 34.9 Å². The Labute approximate surface area is 141 Å². The molecular formula is C15H23N4O3S+. The van der Waals surface area contributed by atoms with Crippen LogP contribution in [0.1, 0.15) is 10.4 Å². The Hall–Kier alpha value is -2.19. The third kappa shape index (κ3) is 7.57. The van der Waals surface area contributed by atoms with Gasteiger partial charge in [0.25, 0.3) is 5.91 Å². The average Bonchev–Trinajstić information content (AvgIpc) is 2.52. The lowest BCUT2D eigenvalue weighted by Crippen LogP contribution is -3.06. The second-order valence-corrected chi connectivity index (χ2v) is 5.58. The van der Waals surface area contributed by atoms with Crippen LogP contribution in [0.15, 0.2) is 24.3 Å². The molecular weight excluding hydrogens is 316 g/mol. The highest BCUT2D eigenvalue weighted by molar-refractivity contribution is 7.80. The quantitative estimate of drug-likeness (QED) is 0.378. The molecule has 0 saturated heterocycles. The fraction of sp³-hybridized carbons (Fsp3) is 0.400. The van der Waals surface area contributed by atoms with E-state index in [1.807, 2.05) is 0 Å². The van der Waals surface area contributed by atoms with E-state index in [4.69, 9.17) is 12.2 Å². The zero-order valence-electron chi connectivity index (χ0n) is 13.6. The number of rotatable bonds is 7. The minimum Gasteiger partial charge on any atom is -0.468 e. The smallest absolute Gasteiger partial charge is 0.325 e. The fourth-order valence-electron chi connectivity index (χ4n) is 1.63. The SMILES string of the molecule is COC(=O)CNC(=O)c1ccc(NC(=S)NCC[NH+](C)C)cc1. The molecule has 0 saturated carbocycles. The Morgan fingerprint density at radius 3 is 2.39 bits per heavy atom. The van der Waals surface area contributed by atoms with Gasteiger partial charge in [-0.05, 0) is 36.5 Å². The zero-order valence-corrected chi connectivity index (χ0v) is 14.4. The van der Waals surface area contributed by atoms with E-state index in [-0.39, 0.29) is 12.5 Å². The number of hydrogen-bond acceptors (Lipinski definition) is 4. The number of nitrogens with one attached hydrogen (secondary N) is 4. The molecule has 4 N–H and O–H groups in total. The van der Waals surface area contributed by atoms with Crippen molar-refractivity contribution in [1.29, 1.82) is 0 Å². The number of carbonyl (C=O) groups excluding carboxylic acids is 2. The summed E-state index contributed by atoms with van der Waals surface area (Å²) >= 11 is 5.19. The average molecular weight is 339 g/mol. The van der Waals surface area contributed by atoms with Crippen molar-refractivity contribution in [2.75, 3.05) is 46.2 Å². The van der Waals surface area contributed by atoms with Crippen molar-refractivity contribution in [3.63, 3.8) is 0 Å². The molecule has 1 aromatic carbocycles. The largest absolute Gasteiger partial charge is 0.468 e. The van der Waals surface area contributed by atoms with Crippen molar-refractivity contribution in [3.8, 4) is 0 Å². The zero-order chi connectivity index (χ0) is 17.2. The number of anilines is 1. The number of esters is 1. The Bertz CT molecular complexity index is 546. The van der Waals surface area contributed by atoms with Crippen LogP contribution in [0.5, 0.6) is 0 Å². The van der Waals surface area contributed by atoms with Crippen LogP contribution < -0.4 is 20.9 Å². The maximum absolute atomic E-state index is 11.8. The molecule has 0 heterocycles. The van der Waals surface area contributed by atoms with Gasteiger partial charge in [-0.1, -0.05) is 0 Å². The molecule has 0 atom stereocenters. The maximum Gasteiger partial charge on any atom is 0.325 e. The predicted octanol–water partition coefficient (Wildman–Crippen LogP) is -0.980. The number of likely N-dealkylation sites (N-methyl/N-ethyl adjacent to an activating group) is 1. The summed E-state index contributed by atoms with van der Waals surface area (Å²) in [5.41, 5.74) is 1.23. The number of ether oxygens (including phenoxy) is 1. The van der Waals surface area contributed by atoms with Crippen LogP contribution in [0.25, 0.3) is 0 Å². The molecule has 0 aliphatic heterocycles. The lowest BCUT2D eigenvalue weighted by atomic mass is 10.2. The molecule has 8 heteroatoms. The summed E-state index contributed by atoms with van der Waals surface area (Å²) in [5, 5.41) is 9.16. The number of hydrogen-bond donors (Lipinski definition) is 4. The Kier molecular flexibility index (Phi) is 8.00. The highest BCUT2D eigenvalue weighted by Gasteiger charge is 2.08. The van der Waals surface area contributed by atoms with Gasteiger partial charge in [0.2, 0.25) is 0 Å². The van der Waals surface area contributed by atoms with E-state index in [2.05, 4.69) is 34.8 Å². The van der Waals surface area contributed by atoms with Crippen molar-refractivity contribution < 1.29 is 19.2 Å². The summed E-state index contributed by atoms with van der Waals surface area (Å²) in [5.74, 6) is -0.829. The summed E-state index contributed by atoms with van der Waals surface area (Å²) in [7, 11) is 5.41. The number of methoxy groups -OCH3 is 1. The van der Waals surface area contributed by atoms with Gasteiger partial charge in [-0.15, -0.1) is 0 Å². The van der Waals surface area contributed by atoms with E-state index in [0.717, 1.165) is 18.8 Å².